The van der Waals surface area contributed by atoms with Crippen molar-refractivity contribution in [2.24, 2.45) is 5.92 Å². The lowest BCUT2D eigenvalue weighted by Crippen LogP contribution is -2.45. The Labute approximate surface area is 96.3 Å². The zero-order valence-corrected chi connectivity index (χ0v) is 11.1. The molecule has 1 atom stereocenters. The van der Waals surface area contributed by atoms with E-state index >= 15 is 0 Å². The third-order valence-electron chi connectivity index (χ3n) is 2.37. The SMILES string of the molecule is CC(CCl)C(=O)NCC(C)(C)S(C)(=O)=O. The van der Waals surface area contributed by atoms with E-state index in [0.717, 1.165) is 6.26 Å². The van der Waals surface area contributed by atoms with Crippen LogP contribution in [0.25, 0.3) is 0 Å². The van der Waals surface area contributed by atoms with E-state index in [0.29, 0.717) is 0 Å². The lowest BCUT2D eigenvalue weighted by atomic mass is 10.1. The lowest BCUT2D eigenvalue weighted by Gasteiger charge is -2.23. The molecule has 1 amide bonds. The molecule has 0 aliphatic heterocycles. The molecule has 0 aliphatic rings. The number of hydrogen-bond acceptors (Lipinski definition) is 3. The first-order valence-electron chi connectivity index (χ1n) is 4.65. The molecule has 1 N–H and O–H groups in total. The summed E-state index contributed by atoms with van der Waals surface area (Å²) in [6.07, 6.45) is 1.16. The van der Waals surface area contributed by atoms with Gasteiger partial charge in [-0.2, -0.15) is 0 Å². The van der Waals surface area contributed by atoms with Gasteiger partial charge in [-0.25, -0.2) is 8.42 Å². The summed E-state index contributed by atoms with van der Waals surface area (Å²) in [5.74, 6) is -0.297. The Morgan fingerprint density at radius 2 is 1.93 bits per heavy atom. The molecule has 0 aromatic rings. The van der Waals surface area contributed by atoms with Gasteiger partial charge < -0.3 is 5.32 Å². The zero-order valence-electron chi connectivity index (χ0n) is 9.50. The molecule has 0 radical (unpaired) electrons. The van der Waals surface area contributed by atoms with Gasteiger partial charge in [-0.05, 0) is 13.8 Å². The lowest BCUT2D eigenvalue weighted by molar-refractivity contribution is -0.123. The second-order valence-corrected chi connectivity index (χ2v) is 7.26. The van der Waals surface area contributed by atoms with Crippen LogP contribution in [-0.2, 0) is 14.6 Å². The molecule has 90 valence electrons. The highest BCUT2D eigenvalue weighted by molar-refractivity contribution is 7.92. The number of carbonyl (C=O) groups excluding carboxylic acids is 1. The van der Waals surface area contributed by atoms with Gasteiger partial charge in [0.25, 0.3) is 0 Å². The van der Waals surface area contributed by atoms with E-state index in [2.05, 4.69) is 5.32 Å². The maximum Gasteiger partial charge on any atom is 0.224 e. The van der Waals surface area contributed by atoms with Gasteiger partial charge in [-0.3, -0.25) is 4.79 Å². The first-order valence-corrected chi connectivity index (χ1v) is 7.07. The molecule has 0 aromatic heterocycles. The molecule has 0 saturated carbocycles. The van der Waals surface area contributed by atoms with Crippen LogP contribution < -0.4 is 5.32 Å². The smallest absolute Gasteiger partial charge is 0.224 e. The van der Waals surface area contributed by atoms with E-state index in [1.165, 1.54) is 0 Å². The van der Waals surface area contributed by atoms with Crippen LogP contribution in [0.2, 0.25) is 0 Å². The maximum atomic E-state index is 11.4. The summed E-state index contributed by atoms with van der Waals surface area (Å²) in [5.41, 5.74) is 0. The third kappa shape index (κ3) is 4.38. The van der Waals surface area contributed by atoms with Crippen LogP contribution in [0.5, 0.6) is 0 Å². The van der Waals surface area contributed by atoms with Crippen molar-refractivity contribution < 1.29 is 13.2 Å². The molecule has 0 spiro atoms. The summed E-state index contributed by atoms with van der Waals surface area (Å²) in [6, 6.07) is 0. The van der Waals surface area contributed by atoms with Gasteiger partial charge >= 0.3 is 0 Å². The minimum atomic E-state index is -3.18. The molecule has 0 aliphatic carbocycles. The number of halogens is 1. The van der Waals surface area contributed by atoms with E-state index in [9.17, 15) is 13.2 Å². The van der Waals surface area contributed by atoms with Crippen molar-refractivity contribution in [1.82, 2.24) is 5.32 Å². The largest absolute Gasteiger partial charge is 0.354 e. The number of hydrogen-bond donors (Lipinski definition) is 1. The standard InChI is InChI=1S/C9H18ClNO3S/c1-7(5-10)8(12)11-6-9(2,3)15(4,13)14/h7H,5-6H2,1-4H3,(H,11,12). The van der Waals surface area contributed by atoms with Crippen LogP contribution in [-0.4, -0.2) is 37.8 Å². The molecule has 4 nitrogen and oxygen atoms in total. The van der Waals surface area contributed by atoms with Gasteiger partial charge in [-0.15, -0.1) is 11.6 Å². The Morgan fingerprint density at radius 3 is 2.27 bits per heavy atom. The second-order valence-electron chi connectivity index (χ2n) is 4.31. The number of amides is 1. The second kappa shape index (κ2) is 5.16. The highest BCUT2D eigenvalue weighted by atomic mass is 35.5. The number of carbonyl (C=O) groups is 1. The number of rotatable bonds is 5. The minimum absolute atomic E-state index is 0.103. The van der Waals surface area contributed by atoms with Crippen LogP contribution in [0.3, 0.4) is 0 Å². The molecule has 0 heterocycles. The molecule has 0 rings (SSSR count). The Hall–Kier alpha value is -0.290. The normalized spacial score (nSPS) is 14.7. The summed E-state index contributed by atoms with van der Waals surface area (Å²) in [4.78, 5) is 11.4. The fraction of sp³-hybridized carbons (Fsp3) is 0.889. The van der Waals surface area contributed by atoms with Crippen LogP contribution >= 0.6 is 11.6 Å². The summed E-state index contributed by atoms with van der Waals surface area (Å²) < 4.78 is 21.7. The Bertz CT molecular complexity index is 324. The Balaban J connectivity index is 4.35. The molecule has 0 fully saturated rings. The van der Waals surface area contributed by atoms with Crippen LogP contribution in [0.1, 0.15) is 20.8 Å². The number of sulfone groups is 1. The van der Waals surface area contributed by atoms with E-state index in [1.54, 1.807) is 20.8 Å². The summed E-state index contributed by atoms with van der Waals surface area (Å²) in [7, 11) is -3.18. The average Bonchev–Trinajstić information content (AvgIpc) is 2.11. The Kier molecular flexibility index (Phi) is 5.06. The molecule has 0 saturated heterocycles. The molecule has 1 unspecified atom stereocenters. The molecular formula is C9H18ClNO3S. The third-order valence-corrected chi connectivity index (χ3v) is 4.99. The average molecular weight is 256 g/mol. The van der Waals surface area contributed by atoms with Crippen molar-refractivity contribution in [1.29, 1.82) is 0 Å². The van der Waals surface area contributed by atoms with E-state index in [-0.39, 0.29) is 24.2 Å². The van der Waals surface area contributed by atoms with Crippen molar-refractivity contribution in [2.75, 3.05) is 18.7 Å². The van der Waals surface area contributed by atoms with Crippen molar-refractivity contribution in [3.8, 4) is 0 Å². The highest BCUT2D eigenvalue weighted by Gasteiger charge is 2.30. The summed E-state index contributed by atoms with van der Waals surface area (Å²) in [6.45, 7) is 4.95. The predicted octanol–water partition coefficient (Wildman–Crippen LogP) is 0.801. The minimum Gasteiger partial charge on any atom is -0.354 e. The van der Waals surface area contributed by atoms with Gasteiger partial charge in [-0.1, -0.05) is 6.92 Å². The van der Waals surface area contributed by atoms with Crippen molar-refractivity contribution in [2.45, 2.75) is 25.5 Å². The van der Waals surface area contributed by atoms with Gasteiger partial charge in [0, 0.05) is 24.6 Å². The quantitative estimate of drug-likeness (QED) is 0.740. The summed E-state index contributed by atoms with van der Waals surface area (Å²) >= 11 is 5.51. The van der Waals surface area contributed by atoms with Crippen molar-refractivity contribution in [3.05, 3.63) is 0 Å². The first kappa shape index (κ1) is 14.7. The van der Waals surface area contributed by atoms with E-state index in [4.69, 9.17) is 11.6 Å². The highest BCUT2D eigenvalue weighted by Crippen LogP contribution is 2.13. The van der Waals surface area contributed by atoms with Gasteiger partial charge in [0.1, 0.15) is 0 Å². The Morgan fingerprint density at radius 1 is 1.47 bits per heavy atom. The zero-order chi connectivity index (χ0) is 12.3. The topological polar surface area (TPSA) is 63.2 Å². The molecule has 0 bridgehead atoms. The van der Waals surface area contributed by atoms with Crippen LogP contribution in [0, 0.1) is 5.92 Å². The number of nitrogens with one attached hydrogen (secondary N) is 1. The maximum absolute atomic E-state index is 11.4. The van der Waals surface area contributed by atoms with E-state index < -0.39 is 14.6 Å². The van der Waals surface area contributed by atoms with Gasteiger partial charge in [0.15, 0.2) is 9.84 Å². The van der Waals surface area contributed by atoms with Crippen molar-refractivity contribution in [3.63, 3.8) is 0 Å². The number of alkyl halides is 1. The monoisotopic (exact) mass is 255 g/mol. The van der Waals surface area contributed by atoms with Crippen molar-refractivity contribution >= 4 is 27.3 Å². The fourth-order valence-corrected chi connectivity index (χ4v) is 1.15. The molecular weight excluding hydrogens is 238 g/mol. The predicted molar refractivity (Wildman–Crippen MR) is 61.8 cm³/mol. The first-order chi connectivity index (χ1) is 6.62. The summed E-state index contributed by atoms with van der Waals surface area (Å²) in [5, 5.41) is 2.58. The van der Waals surface area contributed by atoms with Crippen LogP contribution in [0.4, 0.5) is 0 Å². The fourth-order valence-electron chi connectivity index (χ4n) is 0.675. The molecule has 15 heavy (non-hydrogen) atoms. The van der Waals surface area contributed by atoms with Crippen LogP contribution in [0.15, 0.2) is 0 Å². The molecule has 6 heteroatoms. The van der Waals surface area contributed by atoms with Gasteiger partial charge in [0.05, 0.1) is 4.75 Å². The molecule has 0 aromatic carbocycles. The van der Waals surface area contributed by atoms with Gasteiger partial charge in [0.2, 0.25) is 5.91 Å². The van der Waals surface area contributed by atoms with E-state index in [1.807, 2.05) is 0 Å².